The first-order valence-electron chi connectivity index (χ1n) is 8.85. The highest BCUT2D eigenvalue weighted by Gasteiger charge is 2.37. The van der Waals surface area contributed by atoms with Crippen LogP contribution in [0.25, 0.3) is 0 Å². The molecule has 1 saturated heterocycles. The Labute approximate surface area is 166 Å². The molecule has 1 aliphatic rings. The Morgan fingerprint density at radius 1 is 1.10 bits per heavy atom. The van der Waals surface area contributed by atoms with Crippen LogP contribution >= 0.6 is 0 Å². The van der Waals surface area contributed by atoms with Gasteiger partial charge in [-0.2, -0.15) is 17.5 Å². The van der Waals surface area contributed by atoms with E-state index in [9.17, 15) is 26.4 Å². The molecule has 154 valence electrons. The highest BCUT2D eigenvalue weighted by molar-refractivity contribution is 7.89. The van der Waals surface area contributed by atoms with E-state index in [0.717, 1.165) is 18.2 Å². The molecule has 3 rings (SSSR count). The molecular weight excluding hydrogens is 405 g/mol. The predicted octanol–water partition coefficient (Wildman–Crippen LogP) is 4.36. The Morgan fingerprint density at radius 2 is 1.72 bits per heavy atom. The number of anilines is 1. The zero-order chi connectivity index (χ0) is 21.2. The minimum absolute atomic E-state index is 0.0490. The summed E-state index contributed by atoms with van der Waals surface area (Å²) in [6.45, 7) is 3.63. The fourth-order valence-corrected chi connectivity index (χ4v) is 4.98. The molecule has 1 heterocycles. The van der Waals surface area contributed by atoms with Crippen LogP contribution < -0.4 is 5.32 Å². The molecule has 0 radical (unpaired) electrons. The minimum Gasteiger partial charge on any atom is -0.323 e. The summed E-state index contributed by atoms with van der Waals surface area (Å²) >= 11 is 0. The molecule has 1 atom stereocenters. The molecule has 2 aromatic rings. The van der Waals surface area contributed by atoms with Crippen molar-refractivity contribution in [3.63, 3.8) is 0 Å². The molecular formula is C20H19F3N2O3S. The summed E-state index contributed by atoms with van der Waals surface area (Å²) in [7, 11) is -3.85. The van der Waals surface area contributed by atoms with Gasteiger partial charge in [-0.25, -0.2) is 8.42 Å². The monoisotopic (exact) mass is 424 g/mol. The average Bonchev–Trinajstić information content (AvgIpc) is 3.18. The lowest BCUT2D eigenvalue weighted by atomic mass is 10.0. The molecule has 1 amide bonds. The van der Waals surface area contributed by atoms with Gasteiger partial charge in [-0.3, -0.25) is 4.79 Å². The van der Waals surface area contributed by atoms with Crippen molar-refractivity contribution in [3.05, 3.63) is 72.3 Å². The molecule has 0 saturated carbocycles. The number of nitrogens with zero attached hydrogens (tertiary/aromatic N) is 1. The van der Waals surface area contributed by atoms with Crippen LogP contribution in [0.1, 0.15) is 30.0 Å². The smallest absolute Gasteiger partial charge is 0.323 e. The molecule has 0 bridgehead atoms. The lowest BCUT2D eigenvalue weighted by Crippen LogP contribution is -2.30. The number of sulfonamides is 1. The Bertz CT molecular complexity index is 1000. The van der Waals surface area contributed by atoms with Gasteiger partial charge in [0.1, 0.15) is 0 Å². The van der Waals surface area contributed by atoms with Gasteiger partial charge in [0.25, 0.3) is 0 Å². The third kappa shape index (κ3) is 4.51. The van der Waals surface area contributed by atoms with Crippen molar-refractivity contribution >= 4 is 21.6 Å². The third-order valence-electron chi connectivity index (χ3n) is 4.74. The van der Waals surface area contributed by atoms with E-state index in [-0.39, 0.29) is 11.4 Å². The lowest BCUT2D eigenvalue weighted by Gasteiger charge is -2.25. The maximum absolute atomic E-state index is 13.1. The fraction of sp³-hybridized carbons (Fsp3) is 0.250. The molecule has 9 heteroatoms. The van der Waals surface area contributed by atoms with Crippen LogP contribution in [-0.2, 0) is 21.0 Å². The van der Waals surface area contributed by atoms with Gasteiger partial charge in [-0.05, 0) is 60.9 Å². The van der Waals surface area contributed by atoms with E-state index in [2.05, 4.69) is 11.9 Å². The van der Waals surface area contributed by atoms with Gasteiger partial charge in [0.15, 0.2) is 0 Å². The molecule has 0 spiro atoms. The number of nitrogens with one attached hydrogen (secondary N) is 1. The van der Waals surface area contributed by atoms with Gasteiger partial charge in [0, 0.05) is 12.2 Å². The van der Waals surface area contributed by atoms with E-state index >= 15 is 0 Å². The van der Waals surface area contributed by atoms with Crippen LogP contribution in [0.3, 0.4) is 0 Å². The first-order valence-corrected chi connectivity index (χ1v) is 10.3. The van der Waals surface area contributed by atoms with Crippen LogP contribution in [0.4, 0.5) is 18.9 Å². The molecule has 1 aliphatic heterocycles. The number of rotatable bonds is 5. The number of alkyl halides is 3. The summed E-state index contributed by atoms with van der Waals surface area (Å²) in [4.78, 5) is 11.4. The maximum atomic E-state index is 13.1. The van der Waals surface area contributed by atoms with Crippen molar-refractivity contribution in [1.82, 2.24) is 4.31 Å². The third-order valence-corrected chi connectivity index (χ3v) is 6.66. The molecule has 1 fully saturated rings. The molecule has 1 N–H and O–H groups in total. The second-order valence-electron chi connectivity index (χ2n) is 6.61. The van der Waals surface area contributed by atoms with E-state index < -0.39 is 33.7 Å². The second kappa shape index (κ2) is 8.00. The Kier molecular flexibility index (Phi) is 5.81. The van der Waals surface area contributed by atoms with Crippen LogP contribution in [0, 0.1) is 0 Å². The quantitative estimate of drug-likeness (QED) is 0.726. The topological polar surface area (TPSA) is 66.5 Å². The van der Waals surface area contributed by atoms with Crippen LogP contribution in [0.5, 0.6) is 0 Å². The van der Waals surface area contributed by atoms with Crippen molar-refractivity contribution in [2.24, 2.45) is 0 Å². The number of carbonyl (C=O) groups is 1. The average molecular weight is 424 g/mol. The number of carbonyl (C=O) groups excluding carboxylic acids is 1. The standard InChI is InChI=1S/C20H19F3N2O3S/c1-2-19(26)24-16-9-11-17(12-10-16)29(27,28)25-13-3-4-18(25)14-5-7-15(8-6-14)20(21,22)23/h2,5-12,18H,1,3-4,13H2,(H,24,26). The van der Waals surface area contributed by atoms with E-state index in [4.69, 9.17) is 0 Å². The number of benzene rings is 2. The first-order chi connectivity index (χ1) is 13.6. The molecule has 2 aromatic carbocycles. The maximum Gasteiger partial charge on any atom is 0.416 e. The van der Waals surface area contributed by atoms with Crippen molar-refractivity contribution in [2.75, 3.05) is 11.9 Å². The first kappa shape index (κ1) is 21.1. The SMILES string of the molecule is C=CC(=O)Nc1ccc(S(=O)(=O)N2CCCC2c2ccc(C(F)(F)F)cc2)cc1. The summed E-state index contributed by atoms with van der Waals surface area (Å²) in [6.07, 6.45) is -2.21. The van der Waals surface area contributed by atoms with Gasteiger partial charge in [0.2, 0.25) is 15.9 Å². The number of halogens is 3. The van der Waals surface area contributed by atoms with E-state index in [0.29, 0.717) is 24.1 Å². The lowest BCUT2D eigenvalue weighted by molar-refractivity contribution is -0.137. The normalized spacial score (nSPS) is 17.8. The Hall–Kier alpha value is -2.65. The predicted molar refractivity (Wildman–Crippen MR) is 103 cm³/mol. The molecule has 1 unspecified atom stereocenters. The van der Waals surface area contributed by atoms with Gasteiger partial charge >= 0.3 is 6.18 Å². The van der Waals surface area contributed by atoms with E-state index in [1.54, 1.807) is 0 Å². The summed E-state index contributed by atoms with van der Waals surface area (Å²) in [5.41, 5.74) is 0.175. The number of amides is 1. The zero-order valence-electron chi connectivity index (χ0n) is 15.3. The zero-order valence-corrected chi connectivity index (χ0v) is 16.1. The van der Waals surface area contributed by atoms with E-state index in [1.807, 2.05) is 0 Å². The van der Waals surface area contributed by atoms with Crippen LogP contribution in [0.15, 0.2) is 66.1 Å². The highest BCUT2D eigenvalue weighted by Crippen LogP contribution is 2.38. The fourth-order valence-electron chi connectivity index (χ4n) is 3.29. The van der Waals surface area contributed by atoms with Gasteiger partial charge in [0.05, 0.1) is 16.5 Å². The molecule has 0 aromatic heterocycles. The van der Waals surface area contributed by atoms with Gasteiger partial charge < -0.3 is 5.32 Å². The van der Waals surface area contributed by atoms with Crippen LogP contribution in [-0.4, -0.2) is 25.2 Å². The van der Waals surface area contributed by atoms with Crippen molar-refractivity contribution < 1.29 is 26.4 Å². The van der Waals surface area contributed by atoms with Crippen LogP contribution in [0.2, 0.25) is 0 Å². The van der Waals surface area contributed by atoms with Crippen molar-refractivity contribution in [1.29, 1.82) is 0 Å². The number of hydrogen-bond donors (Lipinski definition) is 1. The molecule has 0 aliphatic carbocycles. The minimum atomic E-state index is -4.44. The van der Waals surface area contributed by atoms with Gasteiger partial charge in [-0.15, -0.1) is 0 Å². The van der Waals surface area contributed by atoms with Crippen molar-refractivity contribution in [3.8, 4) is 0 Å². The Balaban J connectivity index is 1.84. The highest BCUT2D eigenvalue weighted by atomic mass is 32.2. The summed E-state index contributed by atoms with van der Waals surface area (Å²) in [6, 6.07) is 9.78. The summed E-state index contributed by atoms with van der Waals surface area (Å²) in [5.74, 6) is -0.414. The second-order valence-corrected chi connectivity index (χ2v) is 8.50. The summed E-state index contributed by atoms with van der Waals surface area (Å²) in [5, 5.41) is 2.53. The molecule has 29 heavy (non-hydrogen) atoms. The summed E-state index contributed by atoms with van der Waals surface area (Å²) < 4.78 is 65.8. The van der Waals surface area contributed by atoms with Gasteiger partial charge in [-0.1, -0.05) is 18.7 Å². The Morgan fingerprint density at radius 3 is 2.28 bits per heavy atom. The van der Waals surface area contributed by atoms with Crippen molar-refractivity contribution in [2.45, 2.75) is 30.0 Å². The van der Waals surface area contributed by atoms with E-state index in [1.165, 1.54) is 40.7 Å². The number of hydrogen-bond acceptors (Lipinski definition) is 3. The molecule has 5 nitrogen and oxygen atoms in total. The largest absolute Gasteiger partial charge is 0.416 e.